The first-order chi connectivity index (χ1) is 13.1. The lowest BCUT2D eigenvalue weighted by Crippen LogP contribution is -2.30. The predicted octanol–water partition coefficient (Wildman–Crippen LogP) is 5.17. The van der Waals surface area contributed by atoms with Crippen LogP contribution >= 0.6 is 11.3 Å². The number of pyridine rings is 1. The second-order valence-corrected chi connectivity index (χ2v) is 8.97. The van der Waals surface area contributed by atoms with Crippen molar-refractivity contribution < 1.29 is 9.59 Å². The van der Waals surface area contributed by atoms with Gasteiger partial charge in [-0.25, -0.2) is 4.98 Å². The molecule has 0 spiro atoms. The quantitative estimate of drug-likeness (QED) is 0.665. The van der Waals surface area contributed by atoms with E-state index in [-0.39, 0.29) is 11.8 Å². The third-order valence-corrected chi connectivity index (χ3v) is 5.62. The van der Waals surface area contributed by atoms with Crippen LogP contribution < -0.4 is 10.2 Å². The highest BCUT2D eigenvalue weighted by Gasteiger charge is 2.28. The smallest absolute Gasteiger partial charge is 0.270 e. The molecule has 146 valence electrons. The molecule has 0 fully saturated rings. The third kappa shape index (κ3) is 3.78. The summed E-state index contributed by atoms with van der Waals surface area (Å²) in [6.07, 6.45) is 0. The van der Waals surface area contributed by atoms with Crippen molar-refractivity contribution in [2.24, 2.45) is 5.41 Å². The van der Waals surface area contributed by atoms with Crippen LogP contribution in [0.25, 0.3) is 10.2 Å². The van der Waals surface area contributed by atoms with Gasteiger partial charge in [0.25, 0.3) is 5.91 Å². The number of amides is 2. The molecule has 3 rings (SSSR count). The molecule has 0 aliphatic rings. The molecule has 0 saturated carbocycles. The first-order valence-electron chi connectivity index (χ1n) is 9.15. The molecule has 0 unspecified atom stereocenters. The number of hydrogen-bond acceptors (Lipinski definition) is 4. The van der Waals surface area contributed by atoms with Gasteiger partial charge in [0.05, 0.1) is 5.69 Å². The Morgan fingerprint density at radius 3 is 2.36 bits per heavy atom. The Hall–Kier alpha value is -2.73. The van der Waals surface area contributed by atoms with Crippen molar-refractivity contribution in [2.75, 3.05) is 17.3 Å². The molecule has 2 heterocycles. The summed E-state index contributed by atoms with van der Waals surface area (Å²) in [6.45, 7) is 9.46. The Balaban J connectivity index is 2.15. The van der Waals surface area contributed by atoms with Crippen molar-refractivity contribution >= 4 is 44.7 Å². The number of benzene rings is 1. The van der Waals surface area contributed by atoms with E-state index in [9.17, 15) is 9.59 Å². The average molecular weight is 396 g/mol. The zero-order valence-corrected chi connectivity index (χ0v) is 17.9. The first kappa shape index (κ1) is 20.0. The van der Waals surface area contributed by atoms with Gasteiger partial charge in [0.2, 0.25) is 5.91 Å². The Kier molecular flexibility index (Phi) is 5.26. The lowest BCUT2D eigenvalue weighted by Gasteiger charge is -2.20. The molecule has 0 bridgehead atoms. The van der Waals surface area contributed by atoms with Crippen LogP contribution in [0, 0.1) is 19.3 Å². The third-order valence-electron chi connectivity index (χ3n) is 4.55. The highest BCUT2D eigenvalue weighted by molar-refractivity contribution is 7.21. The van der Waals surface area contributed by atoms with Crippen molar-refractivity contribution in [3.63, 3.8) is 0 Å². The predicted molar refractivity (Wildman–Crippen MR) is 116 cm³/mol. The van der Waals surface area contributed by atoms with Gasteiger partial charge in [-0.1, -0.05) is 39.0 Å². The van der Waals surface area contributed by atoms with Crippen molar-refractivity contribution in [1.29, 1.82) is 0 Å². The molecule has 5 nitrogen and oxygen atoms in total. The van der Waals surface area contributed by atoms with E-state index in [1.165, 1.54) is 11.3 Å². The number of rotatable bonds is 3. The number of fused-ring (bicyclic) bond motifs is 1. The number of hydrogen-bond donors (Lipinski definition) is 1. The normalized spacial score (nSPS) is 11.5. The van der Waals surface area contributed by atoms with E-state index in [4.69, 9.17) is 0 Å². The lowest BCUT2D eigenvalue weighted by molar-refractivity contribution is -0.123. The van der Waals surface area contributed by atoms with Crippen LogP contribution in [0.5, 0.6) is 0 Å². The molecule has 0 aliphatic heterocycles. The van der Waals surface area contributed by atoms with E-state index in [0.717, 1.165) is 27.2 Å². The number of nitrogens with one attached hydrogen (secondary N) is 1. The van der Waals surface area contributed by atoms with Crippen LogP contribution in [0.2, 0.25) is 0 Å². The van der Waals surface area contributed by atoms with Crippen molar-refractivity contribution in [2.45, 2.75) is 34.6 Å². The number of nitrogens with zero attached hydrogens (tertiary/aromatic N) is 2. The molecule has 0 saturated heterocycles. The fraction of sp³-hybridized carbons (Fsp3) is 0.318. The van der Waals surface area contributed by atoms with Crippen molar-refractivity contribution in [3.05, 3.63) is 52.5 Å². The van der Waals surface area contributed by atoms with Crippen LogP contribution in [0.1, 0.15) is 41.7 Å². The summed E-state index contributed by atoms with van der Waals surface area (Å²) in [6, 6.07) is 11.4. The maximum Gasteiger partial charge on any atom is 0.270 e. The minimum atomic E-state index is -0.577. The number of para-hydroxylation sites is 1. The summed E-state index contributed by atoms with van der Waals surface area (Å²) in [7, 11) is 1.74. The molecule has 2 aromatic heterocycles. The fourth-order valence-corrected chi connectivity index (χ4v) is 4.16. The van der Waals surface area contributed by atoms with E-state index in [2.05, 4.69) is 10.3 Å². The zero-order chi connectivity index (χ0) is 20.6. The van der Waals surface area contributed by atoms with Crippen LogP contribution in [0.15, 0.2) is 36.4 Å². The molecule has 28 heavy (non-hydrogen) atoms. The molecule has 0 atom stereocenters. The Morgan fingerprint density at radius 2 is 1.75 bits per heavy atom. The van der Waals surface area contributed by atoms with Crippen LogP contribution in [-0.2, 0) is 4.79 Å². The van der Waals surface area contributed by atoms with E-state index in [1.54, 1.807) is 11.9 Å². The van der Waals surface area contributed by atoms with Crippen LogP contribution in [-0.4, -0.2) is 23.8 Å². The van der Waals surface area contributed by atoms with Gasteiger partial charge < -0.3 is 10.2 Å². The zero-order valence-electron chi connectivity index (χ0n) is 17.1. The van der Waals surface area contributed by atoms with Gasteiger partial charge >= 0.3 is 0 Å². The SMILES string of the molecule is Cc1cc(C)c2c(NC(=O)C(C)(C)C)c(C(=O)N(C)c3ccccc3)sc2n1. The monoisotopic (exact) mass is 395 g/mol. The van der Waals surface area contributed by atoms with Gasteiger partial charge in [-0.15, -0.1) is 11.3 Å². The van der Waals surface area contributed by atoms with Gasteiger partial charge in [-0.05, 0) is 37.6 Å². The van der Waals surface area contributed by atoms with Gasteiger partial charge in [0.1, 0.15) is 9.71 Å². The summed E-state index contributed by atoms with van der Waals surface area (Å²) < 4.78 is 0. The van der Waals surface area contributed by atoms with Crippen LogP contribution in [0.3, 0.4) is 0 Å². The maximum absolute atomic E-state index is 13.3. The summed E-state index contributed by atoms with van der Waals surface area (Å²) in [4.78, 5) is 33.5. The standard InChI is InChI=1S/C22H25N3O2S/c1-13-12-14(2)23-19-16(13)17(24-21(27)22(3,4)5)18(28-19)20(26)25(6)15-10-8-7-9-11-15/h7-12H,1-6H3,(H,24,27). The second-order valence-electron chi connectivity index (χ2n) is 7.97. The Labute approximate surface area is 169 Å². The summed E-state index contributed by atoms with van der Waals surface area (Å²) in [5.41, 5.74) is 2.64. The summed E-state index contributed by atoms with van der Waals surface area (Å²) in [5.74, 6) is -0.306. The maximum atomic E-state index is 13.3. The number of thiophene rings is 1. The van der Waals surface area contributed by atoms with Gasteiger partial charge in [0.15, 0.2) is 0 Å². The van der Waals surface area contributed by atoms with Gasteiger partial charge in [-0.3, -0.25) is 9.59 Å². The minimum absolute atomic E-state index is 0.136. The lowest BCUT2D eigenvalue weighted by atomic mass is 9.95. The van der Waals surface area contributed by atoms with E-state index < -0.39 is 5.41 Å². The molecule has 0 radical (unpaired) electrons. The molecule has 3 aromatic rings. The summed E-state index contributed by atoms with van der Waals surface area (Å²) in [5, 5.41) is 3.84. The number of aryl methyl sites for hydroxylation is 2. The Morgan fingerprint density at radius 1 is 1.11 bits per heavy atom. The van der Waals surface area contributed by atoms with Gasteiger partial charge in [0, 0.05) is 29.2 Å². The van der Waals surface area contributed by atoms with Gasteiger partial charge in [-0.2, -0.15) is 0 Å². The Bertz CT molecular complexity index is 1050. The number of carbonyl (C=O) groups is 2. The highest BCUT2D eigenvalue weighted by atomic mass is 32.1. The highest BCUT2D eigenvalue weighted by Crippen LogP contribution is 2.39. The topological polar surface area (TPSA) is 62.3 Å². The average Bonchev–Trinajstić information content (AvgIpc) is 2.98. The largest absolute Gasteiger partial charge is 0.324 e. The minimum Gasteiger partial charge on any atom is -0.324 e. The number of carbonyl (C=O) groups excluding carboxylic acids is 2. The van der Waals surface area contributed by atoms with Crippen LogP contribution in [0.4, 0.5) is 11.4 Å². The van der Waals surface area contributed by atoms with E-state index >= 15 is 0 Å². The first-order valence-corrected chi connectivity index (χ1v) is 9.96. The molecule has 0 aliphatic carbocycles. The second kappa shape index (κ2) is 7.36. The van der Waals surface area contributed by atoms with Crippen molar-refractivity contribution in [1.82, 2.24) is 4.98 Å². The molecular formula is C22H25N3O2S. The molecular weight excluding hydrogens is 370 g/mol. The number of anilines is 2. The molecule has 6 heteroatoms. The van der Waals surface area contributed by atoms with E-state index in [1.807, 2.05) is 71.0 Å². The fourth-order valence-electron chi connectivity index (χ4n) is 2.93. The molecule has 1 aromatic carbocycles. The van der Waals surface area contributed by atoms with E-state index in [0.29, 0.717) is 10.6 Å². The summed E-state index contributed by atoms with van der Waals surface area (Å²) >= 11 is 1.32. The number of aromatic nitrogens is 1. The molecule has 2 amide bonds. The van der Waals surface area contributed by atoms with Crippen molar-refractivity contribution in [3.8, 4) is 0 Å². The molecule has 1 N–H and O–H groups in total.